The highest BCUT2D eigenvalue weighted by molar-refractivity contribution is 6.20. The fraction of sp³-hybridized carbons (Fsp3) is 0.222. The van der Waals surface area contributed by atoms with Crippen molar-refractivity contribution in [2.45, 2.75) is 5.50 Å². The van der Waals surface area contributed by atoms with Crippen molar-refractivity contribution in [2.24, 2.45) is 5.18 Å². The average molecular weight is 259 g/mol. The van der Waals surface area contributed by atoms with E-state index in [0.717, 1.165) is 13.2 Å². The molecule has 7 nitrogen and oxygen atoms in total. The molecular weight excluding hydrogens is 252 g/mol. The minimum absolute atomic E-state index is 0.140. The lowest BCUT2D eigenvalue weighted by Gasteiger charge is -2.04. The van der Waals surface area contributed by atoms with Crippen LogP contribution in [-0.4, -0.2) is 18.0 Å². The van der Waals surface area contributed by atoms with Gasteiger partial charge in [0, 0.05) is 11.6 Å². The van der Waals surface area contributed by atoms with Gasteiger partial charge in [0.15, 0.2) is 5.50 Å². The normalized spacial score (nSPS) is 11.6. The van der Waals surface area contributed by atoms with Crippen molar-refractivity contribution >= 4 is 23.3 Å². The highest BCUT2D eigenvalue weighted by Crippen LogP contribution is 2.28. The van der Waals surface area contributed by atoms with Crippen molar-refractivity contribution in [3.63, 3.8) is 0 Å². The first kappa shape index (κ1) is 13.0. The van der Waals surface area contributed by atoms with Gasteiger partial charge in [-0.25, -0.2) is 4.79 Å². The summed E-state index contributed by atoms with van der Waals surface area (Å²) in [6.45, 7) is 0. The summed E-state index contributed by atoms with van der Waals surface area (Å²) >= 11 is 5.52. The fourth-order valence-corrected chi connectivity index (χ4v) is 1.33. The molecule has 1 unspecified atom stereocenters. The van der Waals surface area contributed by atoms with Crippen molar-refractivity contribution in [2.75, 3.05) is 7.11 Å². The minimum Gasteiger partial charge on any atom is -0.465 e. The fourth-order valence-electron chi connectivity index (χ4n) is 1.19. The second-order valence-corrected chi connectivity index (χ2v) is 3.38. The third-order valence-corrected chi connectivity index (χ3v) is 2.32. The minimum atomic E-state index is -1.24. The van der Waals surface area contributed by atoms with Crippen LogP contribution in [0.25, 0.3) is 0 Å². The summed E-state index contributed by atoms with van der Waals surface area (Å²) in [4.78, 5) is 31.5. The summed E-state index contributed by atoms with van der Waals surface area (Å²) in [5.41, 5.74) is -1.79. The Balaban J connectivity index is 3.31. The van der Waals surface area contributed by atoms with Gasteiger partial charge >= 0.3 is 5.97 Å². The van der Waals surface area contributed by atoms with E-state index in [0.29, 0.717) is 0 Å². The van der Waals surface area contributed by atoms with E-state index in [1.807, 2.05) is 0 Å². The topological polar surface area (TPSA) is 98.9 Å². The number of nitroso groups, excluding NO2 is 1. The number of nitro benzene ring substituents is 1. The zero-order chi connectivity index (χ0) is 13.0. The van der Waals surface area contributed by atoms with Gasteiger partial charge in [-0.15, -0.1) is 4.91 Å². The Labute approximate surface area is 100 Å². The monoisotopic (exact) mass is 258 g/mol. The maximum atomic E-state index is 11.2. The zero-order valence-electron chi connectivity index (χ0n) is 8.62. The molecule has 90 valence electrons. The number of hydrogen-bond acceptors (Lipinski definition) is 6. The van der Waals surface area contributed by atoms with Crippen LogP contribution in [0.1, 0.15) is 21.4 Å². The van der Waals surface area contributed by atoms with Crippen molar-refractivity contribution in [3.05, 3.63) is 44.3 Å². The first-order valence-electron chi connectivity index (χ1n) is 4.34. The first-order valence-corrected chi connectivity index (χ1v) is 4.78. The van der Waals surface area contributed by atoms with Crippen LogP contribution in [0.15, 0.2) is 23.4 Å². The summed E-state index contributed by atoms with van der Waals surface area (Å²) in [6.07, 6.45) is 0. The van der Waals surface area contributed by atoms with Gasteiger partial charge in [-0.05, 0) is 11.2 Å². The van der Waals surface area contributed by atoms with E-state index in [9.17, 15) is 19.8 Å². The Bertz CT molecular complexity index is 476. The zero-order valence-corrected chi connectivity index (χ0v) is 9.38. The highest BCUT2D eigenvalue weighted by atomic mass is 35.5. The number of carbonyl (C=O) groups excluding carboxylic acids is 1. The molecule has 0 radical (unpaired) electrons. The maximum absolute atomic E-state index is 11.2. The number of benzene rings is 1. The van der Waals surface area contributed by atoms with Crippen LogP contribution in [0.5, 0.6) is 0 Å². The van der Waals surface area contributed by atoms with Gasteiger partial charge in [0.05, 0.1) is 12.0 Å². The molecule has 0 saturated heterocycles. The molecule has 0 amide bonds. The van der Waals surface area contributed by atoms with E-state index in [1.165, 1.54) is 12.1 Å². The molecule has 0 bridgehead atoms. The second kappa shape index (κ2) is 5.35. The lowest BCUT2D eigenvalue weighted by atomic mass is 10.1. The largest absolute Gasteiger partial charge is 0.465 e. The third kappa shape index (κ3) is 2.76. The number of methoxy groups -OCH3 is 1. The van der Waals surface area contributed by atoms with E-state index in [4.69, 9.17) is 11.6 Å². The number of carbonyl (C=O) groups is 1. The van der Waals surface area contributed by atoms with Crippen LogP contribution in [0.4, 0.5) is 5.69 Å². The van der Waals surface area contributed by atoms with E-state index in [-0.39, 0.29) is 11.1 Å². The van der Waals surface area contributed by atoms with Crippen LogP contribution in [0, 0.1) is 15.0 Å². The molecule has 17 heavy (non-hydrogen) atoms. The summed E-state index contributed by atoms with van der Waals surface area (Å²) in [7, 11) is 1.11. The second-order valence-electron chi connectivity index (χ2n) is 2.97. The molecule has 0 aromatic heterocycles. The van der Waals surface area contributed by atoms with Gasteiger partial charge in [0.1, 0.15) is 5.56 Å². The molecule has 0 aliphatic heterocycles. The quantitative estimate of drug-likeness (QED) is 0.206. The molecule has 0 fully saturated rings. The molecule has 0 heterocycles. The number of ether oxygens (including phenoxy) is 1. The predicted molar refractivity (Wildman–Crippen MR) is 58.8 cm³/mol. The Morgan fingerprint density at radius 1 is 1.59 bits per heavy atom. The molecule has 1 rings (SSSR count). The molecule has 1 aromatic carbocycles. The lowest BCUT2D eigenvalue weighted by molar-refractivity contribution is -0.385. The van der Waals surface area contributed by atoms with Crippen molar-refractivity contribution < 1.29 is 14.5 Å². The Hall–Kier alpha value is -2.02. The number of alkyl halides is 1. The van der Waals surface area contributed by atoms with Gasteiger partial charge in [-0.1, -0.05) is 17.7 Å². The number of hydrogen-bond donors (Lipinski definition) is 0. The predicted octanol–water partition coefficient (Wildman–Crippen LogP) is 2.39. The molecular formula is C9H7ClN2O5. The number of nitro groups is 1. The van der Waals surface area contributed by atoms with E-state index >= 15 is 0 Å². The number of halogens is 1. The average Bonchev–Trinajstić information content (AvgIpc) is 2.35. The molecule has 0 N–H and O–H groups in total. The Kier molecular flexibility index (Phi) is 4.11. The molecule has 0 aliphatic rings. The molecule has 0 saturated carbocycles. The van der Waals surface area contributed by atoms with E-state index in [2.05, 4.69) is 9.91 Å². The lowest BCUT2D eigenvalue weighted by Crippen LogP contribution is -2.06. The molecule has 0 spiro atoms. The van der Waals surface area contributed by atoms with Gasteiger partial charge in [0.2, 0.25) is 0 Å². The SMILES string of the molecule is COC(=O)c1ccc(C(Cl)N=O)cc1[N+](=O)[O-]. The van der Waals surface area contributed by atoms with Crippen LogP contribution in [0.2, 0.25) is 0 Å². The van der Waals surface area contributed by atoms with Crippen LogP contribution in [0.3, 0.4) is 0 Å². The standard InChI is InChI=1S/C9H7ClN2O5/c1-17-9(13)6-3-2-5(8(10)11-14)4-7(6)12(15)16/h2-4,8H,1H3. The summed E-state index contributed by atoms with van der Waals surface area (Å²) < 4.78 is 4.39. The Morgan fingerprint density at radius 3 is 2.71 bits per heavy atom. The van der Waals surface area contributed by atoms with Crippen molar-refractivity contribution in [1.29, 1.82) is 0 Å². The van der Waals surface area contributed by atoms with Gasteiger partial charge in [-0.3, -0.25) is 10.1 Å². The Morgan fingerprint density at radius 2 is 2.24 bits per heavy atom. The van der Waals surface area contributed by atoms with Gasteiger partial charge < -0.3 is 4.74 Å². The van der Waals surface area contributed by atoms with Gasteiger partial charge in [0.25, 0.3) is 5.69 Å². The van der Waals surface area contributed by atoms with Crippen LogP contribution in [-0.2, 0) is 4.74 Å². The molecule has 8 heteroatoms. The summed E-state index contributed by atoms with van der Waals surface area (Å²) in [6, 6.07) is 3.49. The van der Waals surface area contributed by atoms with E-state index in [1.54, 1.807) is 0 Å². The highest BCUT2D eigenvalue weighted by Gasteiger charge is 2.23. The number of esters is 1. The molecule has 1 aromatic rings. The number of rotatable bonds is 4. The van der Waals surface area contributed by atoms with Crippen LogP contribution >= 0.6 is 11.6 Å². The molecule has 1 atom stereocenters. The summed E-state index contributed by atoms with van der Waals surface area (Å²) in [5, 5.41) is 13.3. The maximum Gasteiger partial charge on any atom is 0.344 e. The van der Waals surface area contributed by atoms with Crippen molar-refractivity contribution in [3.8, 4) is 0 Å². The third-order valence-electron chi connectivity index (χ3n) is 1.99. The first-order chi connectivity index (χ1) is 8.01. The number of nitrogens with zero attached hydrogens (tertiary/aromatic N) is 2. The van der Waals surface area contributed by atoms with Crippen LogP contribution < -0.4 is 0 Å². The van der Waals surface area contributed by atoms with Gasteiger partial charge in [-0.2, -0.15) is 0 Å². The smallest absolute Gasteiger partial charge is 0.344 e. The van der Waals surface area contributed by atoms with E-state index < -0.39 is 22.1 Å². The summed E-state index contributed by atoms with van der Waals surface area (Å²) in [5.74, 6) is -0.839. The van der Waals surface area contributed by atoms with Crippen molar-refractivity contribution in [1.82, 2.24) is 0 Å². The molecule has 0 aliphatic carbocycles.